The van der Waals surface area contributed by atoms with E-state index in [4.69, 9.17) is 4.74 Å². The average Bonchev–Trinajstić information content (AvgIpc) is 3.35. The summed E-state index contributed by atoms with van der Waals surface area (Å²) in [4.78, 5) is 12.1. The highest BCUT2D eigenvalue weighted by Crippen LogP contribution is 2.20. The first-order valence-electron chi connectivity index (χ1n) is 8.58. The molecule has 0 spiro atoms. The van der Waals surface area contributed by atoms with Gasteiger partial charge in [0.15, 0.2) is 5.65 Å². The number of hydrogen-bond donors (Lipinski definition) is 1. The minimum atomic E-state index is -0.0403. The highest BCUT2D eigenvalue weighted by Gasteiger charge is 2.17. The third-order valence-electron chi connectivity index (χ3n) is 4.19. The Kier molecular flexibility index (Phi) is 5.12. The van der Waals surface area contributed by atoms with Crippen LogP contribution in [0.15, 0.2) is 47.6 Å². The summed E-state index contributed by atoms with van der Waals surface area (Å²) in [6.07, 6.45) is 2.22. The molecular weight excluding hydrogens is 350 g/mol. The molecule has 0 aliphatic carbocycles. The second-order valence-electron chi connectivity index (χ2n) is 6.06. The zero-order valence-electron chi connectivity index (χ0n) is 14.2. The first kappa shape index (κ1) is 17.0. The van der Waals surface area contributed by atoms with Crippen molar-refractivity contribution in [2.45, 2.75) is 24.1 Å². The van der Waals surface area contributed by atoms with Crippen molar-refractivity contribution >= 4 is 23.3 Å². The molecule has 1 saturated heterocycles. The van der Waals surface area contributed by atoms with Crippen LogP contribution in [0.25, 0.3) is 16.9 Å². The summed E-state index contributed by atoms with van der Waals surface area (Å²) in [5, 5.41) is 16.4. The van der Waals surface area contributed by atoms with Crippen LogP contribution in [0.2, 0.25) is 0 Å². The van der Waals surface area contributed by atoms with Gasteiger partial charge in [-0.15, -0.1) is 10.2 Å². The lowest BCUT2D eigenvalue weighted by atomic mass is 10.1. The summed E-state index contributed by atoms with van der Waals surface area (Å²) < 4.78 is 7.19. The van der Waals surface area contributed by atoms with E-state index in [-0.39, 0.29) is 17.8 Å². The van der Waals surface area contributed by atoms with Crippen LogP contribution in [0.3, 0.4) is 0 Å². The number of fused-ring (bicyclic) bond motifs is 1. The van der Waals surface area contributed by atoms with Crippen LogP contribution in [0.5, 0.6) is 0 Å². The molecule has 0 bridgehead atoms. The minimum absolute atomic E-state index is 0.0403. The monoisotopic (exact) mass is 369 g/mol. The SMILES string of the molecule is O=C(CSc1nnc2ccc(-c3ccccc3)nn12)NC[C@@H]1CCCO1. The number of thioether (sulfide) groups is 1. The van der Waals surface area contributed by atoms with E-state index in [9.17, 15) is 4.79 Å². The van der Waals surface area contributed by atoms with Gasteiger partial charge in [0.05, 0.1) is 17.6 Å². The Morgan fingerprint density at radius 3 is 2.92 bits per heavy atom. The highest BCUT2D eigenvalue weighted by atomic mass is 32.2. The molecule has 1 amide bonds. The van der Waals surface area contributed by atoms with Crippen LogP contribution < -0.4 is 5.32 Å². The standard InChI is InChI=1S/C18H19N5O2S/c24-17(19-11-14-7-4-10-25-14)12-26-18-21-20-16-9-8-15(22-23(16)18)13-5-2-1-3-6-13/h1-3,5-6,8-9,14H,4,7,10-12H2,(H,19,24)/t14-/m0/s1. The topological polar surface area (TPSA) is 81.4 Å². The molecule has 7 nitrogen and oxygen atoms in total. The lowest BCUT2D eigenvalue weighted by molar-refractivity contribution is -0.119. The number of rotatable bonds is 6. The van der Waals surface area contributed by atoms with E-state index in [2.05, 4.69) is 20.6 Å². The molecule has 1 fully saturated rings. The third-order valence-corrected chi connectivity index (χ3v) is 5.11. The van der Waals surface area contributed by atoms with Gasteiger partial charge in [-0.1, -0.05) is 42.1 Å². The number of carbonyl (C=O) groups excluding carboxylic acids is 1. The Bertz CT molecular complexity index is 893. The minimum Gasteiger partial charge on any atom is -0.376 e. The Labute approximate surface area is 155 Å². The van der Waals surface area contributed by atoms with Gasteiger partial charge >= 0.3 is 0 Å². The molecule has 8 heteroatoms. The molecule has 0 radical (unpaired) electrons. The lowest BCUT2D eigenvalue weighted by Crippen LogP contribution is -2.32. The van der Waals surface area contributed by atoms with Crippen molar-refractivity contribution in [2.24, 2.45) is 0 Å². The van der Waals surface area contributed by atoms with Crippen molar-refractivity contribution in [1.82, 2.24) is 25.1 Å². The van der Waals surface area contributed by atoms with Crippen LogP contribution in [-0.4, -0.2) is 50.7 Å². The fraction of sp³-hybridized carbons (Fsp3) is 0.333. The zero-order valence-corrected chi connectivity index (χ0v) is 15.0. The van der Waals surface area contributed by atoms with Crippen LogP contribution in [-0.2, 0) is 9.53 Å². The van der Waals surface area contributed by atoms with Gasteiger partial charge in [0.1, 0.15) is 0 Å². The highest BCUT2D eigenvalue weighted by molar-refractivity contribution is 7.99. The van der Waals surface area contributed by atoms with E-state index in [1.807, 2.05) is 42.5 Å². The number of ether oxygens (including phenoxy) is 1. The summed E-state index contributed by atoms with van der Waals surface area (Å²) in [6, 6.07) is 13.7. The summed E-state index contributed by atoms with van der Waals surface area (Å²) >= 11 is 1.33. The van der Waals surface area contributed by atoms with Crippen molar-refractivity contribution in [3.8, 4) is 11.3 Å². The van der Waals surface area contributed by atoms with Gasteiger partial charge in [0.2, 0.25) is 11.1 Å². The van der Waals surface area contributed by atoms with E-state index >= 15 is 0 Å². The molecule has 0 saturated carbocycles. The normalized spacial score (nSPS) is 16.8. The summed E-state index contributed by atoms with van der Waals surface area (Å²) in [5.41, 5.74) is 2.52. The molecule has 1 aliphatic heterocycles. The molecule has 3 aromatic rings. The fourth-order valence-electron chi connectivity index (χ4n) is 2.84. The molecule has 0 unspecified atom stereocenters. The second-order valence-corrected chi connectivity index (χ2v) is 7.01. The molecule has 4 rings (SSSR count). The largest absolute Gasteiger partial charge is 0.376 e. The van der Waals surface area contributed by atoms with E-state index in [1.54, 1.807) is 4.52 Å². The number of nitrogens with zero attached hydrogens (tertiary/aromatic N) is 4. The number of benzene rings is 1. The third kappa shape index (κ3) is 3.86. The van der Waals surface area contributed by atoms with Crippen LogP contribution >= 0.6 is 11.8 Å². The number of amides is 1. The van der Waals surface area contributed by atoms with E-state index < -0.39 is 0 Å². The fourth-order valence-corrected chi connectivity index (χ4v) is 3.55. The van der Waals surface area contributed by atoms with Gasteiger partial charge in [-0.3, -0.25) is 4.79 Å². The number of carbonyl (C=O) groups is 1. The Hall–Kier alpha value is -2.45. The van der Waals surface area contributed by atoms with Crippen molar-refractivity contribution in [3.05, 3.63) is 42.5 Å². The zero-order chi connectivity index (χ0) is 17.8. The smallest absolute Gasteiger partial charge is 0.230 e. The maximum absolute atomic E-state index is 12.1. The molecule has 1 N–H and O–H groups in total. The van der Waals surface area contributed by atoms with Gasteiger partial charge in [0, 0.05) is 18.7 Å². The predicted molar refractivity (Wildman–Crippen MR) is 98.9 cm³/mol. The predicted octanol–water partition coefficient (Wildman–Crippen LogP) is 2.18. The molecular formula is C18H19N5O2S. The van der Waals surface area contributed by atoms with E-state index in [1.165, 1.54) is 11.8 Å². The molecule has 134 valence electrons. The quantitative estimate of drug-likeness (QED) is 0.671. The van der Waals surface area contributed by atoms with Crippen LogP contribution in [0.1, 0.15) is 12.8 Å². The molecule has 1 atom stereocenters. The number of hydrogen-bond acceptors (Lipinski definition) is 6. The molecule has 26 heavy (non-hydrogen) atoms. The van der Waals surface area contributed by atoms with Crippen molar-refractivity contribution in [2.75, 3.05) is 18.9 Å². The molecule has 1 aromatic carbocycles. The van der Waals surface area contributed by atoms with E-state index in [0.717, 1.165) is 30.7 Å². The van der Waals surface area contributed by atoms with Gasteiger partial charge < -0.3 is 10.1 Å². The van der Waals surface area contributed by atoms with E-state index in [0.29, 0.717) is 17.3 Å². The van der Waals surface area contributed by atoms with Crippen molar-refractivity contribution in [3.63, 3.8) is 0 Å². The van der Waals surface area contributed by atoms with Gasteiger partial charge in [-0.25, -0.2) is 0 Å². The summed E-state index contributed by atoms with van der Waals surface area (Å²) in [5.74, 6) is 0.228. The van der Waals surface area contributed by atoms with Gasteiger partial charge in [0.25, 0.3) is 0 Å². The average molecular weight is 369 g/mol. The Morgan fingerprint density at radius 2 is 2.12 bits per heavy atom. The second kappa shape index (κ2) is 7.84. The van der Waals surface area contributed by atoms with Crippen LogP contribution in [0.4, 0.5) is 0 Å². The summed E-state index contributed by atoms with van der Waals surface area (Å²) in [6.45, 7) is 1.35. The molecule has 2 aromatic heterocycles. The first-order valence-corrected chi connectivity index (χ1v) is 9.57. The molecule has 3 heterocycles. The Morgan fingerprint density at radius 1 is 1.23 bits per heavy atom. The van der Waals surface area contributed by atoms with Crippen LogP contribution in [0, 0.1) is 0 Å². The molecule has 1 aliphatic rings. The number of aromatic nitrogens is 4. The maximum Gasteiger partial charge on any atom is 0.230 e. The Balaban J connectivity index is 1.42. The van der Waals surface area contributed by atoms with Crippen molar-refractivity contribution < 1.29 is 9.53 Å². The first-order chi connectivity index (χ1) is 12.8. The lowest BCUT2D eigenvalue weighted by Gasteiger charge is -2.10. The summed E-state index contributed by atoms with van der Waals surface area (Å²) in [7, 11) is 0. The maximum atomic E-state index is 12.1. The number of nitrogens with one attached hydrogen (secondary N) is 1. The van der Waals surface area contributed by atoms with Crippen molar-refractivity contribution in [1.29, 1.82) is 0 Å². The van der Waals surface area contributed by atoms with Gasteiger partial charge in [-0.2, -0.15) is 9.61 Å². The van der Waals surface area contributed by atoms with Gasteiger partial charge in [-0.05, 0) is 25.0 Å².